The van der Waals surface area contributed by atoms with Crippen molar-refractivity contribution in [1.29, 1.82) is 0 Å². The smallest absolute Gasteiger partial charge is 0.417 e. The molecule has 6 aliphatic heterocycles. The van der Waals surface area contributed by atoms with E-state index in [-0.39, 0.29) is 67.5 Å². The Labute approximate surface area is 755 Å². The summed E-state index contributed by atoms with van der Waals surface area (Å²) in [5.74, 6) is 2.75. The van der Waals surface area contributed by atoms with Crippen LogP contribution in [-0.4, -0.2) is 158 Å². The number of likely N-dealkylation sites (tertiary alicyclic amines) is 3. The number of hydrogen-bond donors (Lipinski definition) is 0. The first kappa shape index (κ1) is 88.0. The van der Waals surface area contributed by atoms with E-state index in [4.69, 9.17) is 42.6 Å². The fraction of sp³-hybridized carbons (Fsp3) is 0.333. The Bertz CT molecular complexity index is 5720. The first-order valence-corrected chi connectivity index (χ1v) is 44.9. The maximum atomic E-state index is 14.7. The molecule has 21 heteroatoms. The van der Waals surface area contributed by atoms with Crippen LogP contribution in [0.5, 0.6) is 34.5 Å². The molecule has 6 saturated heterocycles. The predicted octanol–water partition coefficient (Wildman–Crippen LogP) is 19.5. The SMILES string of the molecule is COc1ccc([C@@H]2CN(Cc3ccccc3)C[C@@]2(C)C(=O)N2C(=O)OC[C@H]2c2ccccc2)cc1OC1CCCC1.COc1ccc([C@@H]2CN(Cc3ccccc3)C[C@@]2(C)C(=O)N2C(=O)OC[C@H]2c2ccccc2)cc1OC1Cc2ccccc2C1.COc1ccc([C@@H]2CN(Cc3ccccc3)C[C@@]2(C)C(=O)N2C(=O)OC[C@H]2c2ccccc2)cc1OCc1ccccc1. The van der Waals surface area contributed by atoms with Crippen molar-refractivity contribution in [1.82, 2.24) is 29.4 Å². The number of imide groups is 3. The third-order valence-electron chi connectivity index (χ3n) is 27.2. The normalized spacial score (nSPS) is 23.3. The lowest BCUT2D eigenvalue weighted by molar-refractivity contribution is -0.140. The van der Waals surface area contributed by atoms with Gasteiger partial charge in [0.15, 0.2) is 34.5 Å². The zero-order chi connectivity index (χ0) is 89.2. The van der Waals surface area contributed by atoms with Crippen molar-refractivity contribution in [2.24, 2.45) is 16.2 Å². The van der Waals surface area contributed by atoms with E-state index < -0.39 is 52.7 Å². The van der Waals surface area contributed by atoms with E-state index >= 15 is 0 Å². The van der Waals surface area contributed by atoms with Gasteiger partial charge in [0.25, 0.3) is 0 Å². The number of benzene rings is 11. The molecule has 19 rings (SSSR count). The summed E-state index contributed by atoms with van der Waals surface area (Å²) in [6, 6.07) is 94.8. The van der Waals surface area contributed by atoms with Gasteiger partial charge in [0, 0.05) is 89.5 Å². The molecule has 0 unspecified atom stereocenters. The van der Waals surface area contributed by atoms with E-state index in [0.29, 0.717) is 94.3 Å². The van der Waals surface area contributed by atoms with E-state index in [9.17, 15) is 28.8 Å². The maximum Gasteiger partial charge on any atom is 0.417 e. The molecule has 9 atom stereocenters. The molecule has 664 valence electrons. The number of amides is 6. The molecule has 11 aromatic carbocycles. The lowest BCUT2D eigenvalue weighted by Crippen LogP contribution is -2.47. The van der Waals surface area contributed by atoms with E-state index in [1.54, 1.807) is 21.3 Å². The van der Waals surface area contributed by atoms with Crippen molar-refractivity contribution >= 4 is 36.0 Å². The van der Waals surface area contributed by atoms with E-state index in [1.165, 1.54) is 55.4 Å². The second-order valence-corrected chi connectivity index (χ2v) is 35.9. The highest BCUT2D eigenvalue weighted by Crippen LogP contribution is 2.53. The van der Waals surface area contributed by atoms with Crippen LogP contribution < -0.4 is 28.4 Å². The lowest BCUT2D eigenvalue weighted by atomic mass is 9.74. The standard InChI is InChI=1S/C38H38N2O5.C36H36N2O5.C34H38N2O5/c1-38(36(41)40-33(24-44-37(40)42)27-13-7-4-8-14-27)25-39(22-26-11-5-3-6-12-26)23-32(38)30-17-18-34(43-2)35(21-30)45-31-19-28-15-9-10-16-29(28)20-31;1-36(34(39)38-31(24-43-35(38)40)28-16-10-5-11-17-28)25-37(21-26-12-6-3-7-13-26)22-30(36)29-18-19-32(41-2)33(20-29)42-23-27-14-8-4-9-15-27;1-34(32(37)36-29(22-40-33(36)38)25-13-7-4-8-14-25)23-35(20-24-11-5-3-6-12-24)21-28(34)26-17-18-30(39-2)31(19-26)41-27-15-9-10-16-27/h3-18,21,31-33H,19-20,22-25H2,1-2H3;3-20,30-31H,21-25H2,1-2H3;3-8,11-14,17-19,27-29H,9-10,15-16,20-23H2,1-2H3/t32-,33-,38+;30-,31-,36+;28-,29-,34+/m000/s1. The van der Waals surface area contributed by atoms with Crippen LogP contribution in [0.2, 0.25) is 0 Å². The van der Waals surface area contributed by atoms with Gasteiger partial charge in [0.05, 0.1) is 43.7 Å². The van der Waals surface area contributed by atoms with Gasteiger partial charge in [-0.2, -0.15) is 0 Å². The number of carbonyl (C=O) groups excluding carboxylic acids is 6. The molecule has 129 heavy (non-hydrogen) atoms. The average molecular weight is 1730 g/mol. The van der Waals surface area contributed by atoms with Crippen LogP contribution in [0.4, 0.5) is 14.4 Å². The van der Waals surface area contributed by atoms with Crippen LogP contribution in [-0.2, 0) is 67.7 Å². The Balaban J connectivity index is 0.000000136. The number of cyclic esters (lactones) is 3. The molecule has 6 amide bonds. The van der Waals surface area contributed by atoms with Crippen molar-refractivity contribution in [3.63, 3.8) is 0 Å². The molecule has 0 spiro atoms. The van der Waals surface area contributed by atoms with Gasteiger partial charge in [-0.15, -0.1) is 0 Å². The highest BCUT2D eigenvalue weighted by atomic mass is 16.6. The van der Waals surface area contributed by atoms with Crippen LogP contribution >= 0.6 is 0 Å². The second-order valence-electron chi connectivity index (χ2n) is 35.9. The summed E-state index contributed by atoms with van der Waals surface area (Å²) in [6.07, 6.45) is 4.52. The molecule has 1 saturated carbocycles. The van der Waals surface area contributed by atoms with Crippen molar-refractivity contribution in [3.8, 4) is 34.5 Å². The van der Waals surface area contributed by atoms with Crippen LogP contribution in [0.15, 0.2) is 291 Å². The minimum atomic E-state index is -0.906. The summed E-state index contributed by atoms with van der Waals surface area (Å²) < 4.78 is 52.7. The van der Waals surface area contributed by atoms with Crippen LogP contribution in [0, 0.1) is 16.2 Å². The Kier molecular flexibility index (Phi) is 26.8. The first-order chi connectivity index (χ1) is 62.8. The molecule has 11 aromatic rings. The molecule has 0 N–H and O–H groups in total. The topological polar surface area (TPSA) is 205 Å². The van der Waals surface area contributed by atoms with E-state index in [2.05, 4.69) is 81.4 Å². The van der Waals surface area contributed by atoms with Crippen molar-refractivity contribution in [3.05, 3.63) is 358 Å². The minimum absolute atomic E-state index is 0.00345. The largest absolute Gasteiger partial charge is 0.493 e. The van der Waals surface area contributed by atoms with Crippen LogP contribution in [0.25, 0.3) is 0 Å². The monoisotopic (exact) mass is 1730 g/mol. The minimum Gasteiger partial charge on any atom is -0.493 e. The number of hydrogen-bond acceptors (Lipinski definition) is 18. The number of nitrogens with zero attached hydrogens (tertiary/aromatic N) is 6. The summed E-state index contributed by atoms with van der Waals surface area (Å²) in [5.41, 5.74) is 10.1. The van der Waals surface area contributed by atoms with Gasteiger partial charge in [-0.25, -0.2) is 29.1 Å². The third-order valence-corrected chi connectivity index (χ3v) is 27.2. The zero-order valence-corrected chi connectivity index (χ0v) is 74.1. The maximum absolute atomic E-state index is 14.7. The molecular formula is C108H112N6O15. The van der Waals surface area contributed by atoms with Gasteiger partial charge in [-0.3, -0.25) is 29.1 Å². The first-order valence-electron chi connectivity index (χ1n) is 44.9. The Morgan fingerprint density at radius 3 is 0.946 bits per heavy atom. The van der Waals surface area contributed by atoms with Gasteiger partial charge in [0.1, 0.15) is 50.7 Å². The molecule has 21 nitrogen and oxygen atoms in total. The summed E-state index contributed by atoms with van der Waals surface area (Å²) in [5, 5.41) is 0. The second kappa shape index (κ2) is 39.3. The van der Waals surface area contributed by atoms with Crippen molar-refractivity contribution in [2.45, 2.75) is 134 Å². The van der Waals surface area contributed by atoms with Crippen LogP contribution in [0.1, 0.15) is 149 Å². The number of ether oxygens (including phenoxy) is 9. The van der Waals surface area contributed by atoms with Gasteiger partial charge in [0.2, 0.25) is 17.7 Å². The van der Waals surface area contributed by atoms with E-state index in [0.717, 1.165) is 70.4 Å². The summed E-state index contributed by atoms with van der Waals surface area (Å²) in [4.78, 5) is 94.2. The Hall–Kier alpha value is -13.1. The molecule has 0 bridgehead atoms. The van der Waals surface area contributed by atoms with Gasteiger partial charge in [-0.1, -0.05) is 255 Å². The number of methoxy groups -OCH3 is 3. The van der Waals surface area contributed by atoms with E-state index in [1.807, 2.05) is 245 Å². The molecule has 7 fully saturated rings. The highest BCUT2D eigenvalue weighted by Gasteiger charge is 2.58. The van der Waals surface area contributed by atoms with Crippen molar-refractivity contribution in [2.75, 3.05) is 80.4 Å². The average Bonchev–Trinajstić information content (AvgIpc) is 1.61. The number of carbonyl (C=O) groups is 6. The fourth-order valence-electron chi connectivity index (χ4n) is 20.5. The van der Waals surface area contributed by atoms with Crippen molar-refractivity contribution < 1.29 is 71.4 Å². The summed E-state index contributed by atoms with van der Waals surface area (Å²) in [7, 11) is 4.93. The predicted molar refractivity (Wildman–Crippen MR) is 491 cm³/mol. The Morgan fingerprint density at radius 2 is 0.620 bits per heavy atom. The highest BCUT2D eigenvalue weighted by molar-refractivity contribution is 6.00. The number of fused-ring (bicyclic) bond motifs is 1. The molecule has 0 radical (unpaired) electrons. The van der Waals surface area contributed by atoms with Gasteiger partial charge >= 0.3 is 18.3 Å². The lowest BCUT2D eigenvalue weighted by Gasteiger charge is -2.34. The fourth-order valence-corrected chi connectivity index (χ4v) is 20.5. The number of rotatable bonds is 25. The molecule has 6 heterocycles. The van der Waals surface area contributed by atoms with Gasteiger partial charge in [-0.05, 0) is 150 Å². The quantitative estimate of drug-likeness (QED) is 0.0488. The third kappa shape index (κ3) is 19.1. The molecule has 2 aliphatic carbocycles. The Morgan fingerprint density at radius 1 is 0.333 bits per heavy atom. The molecular weight excluding hydrogens is 1620 g/mol. The van der Waals surface area contributed by atoms with Crippen LogP contribution in [0.3, 0.4) is 0 Å². The summed E-state index contributed by atoms with van der Waals surface area (Å²) in [6.45, 7) is 12.4. The zero-order valence-electron chi connectivity index (χ0n) is 74.1. The van der Waals surface area contributed by atoms with Gasteiger partial charge < -0.3 is 42.6 Å². The molecule has 8 aliphatic rings. The molecule has 0 aromatic heterocycles. The summed E-state index contributed by atoms with van der Waals surface area (Å²) >= 11 is 0.